The van der Waals surface area contributed by atoms with E-state index in [1.807, 2.05) is 29.7 Å². The number of nitrogens with zero attached hydrogens (tertiary/aromatic N) is 2. The molecule has 1 aliphatic heterocycles. The SMILES string of the molecule is CCCc1c2n(c3ccccc13)C(=O)C(C(O)c1nc[nH]c1C)CC2. The fraction of sp³-hybridized carbons (Fsp3) is 0.400. The van der Waals surface area contributed by atoms with Gasteiger partial charge in [-0.2, -0.15) is 0 Å². The second-order valence-electron chi connectivity index (χ2n) is 6.87. The number of aryl methyl sites for hydroxylation is 2. The van der Waals surface area contributed by atoms with Gasteiger partial charge in [-0.3, -0.25) is 9.36 Å². The van der Waals surface area contributed by atoms with E-state index < -0.39 is 12.0 Å². The number of aliphatic hydroxyl groups is 1. The maximum atomic E-state index is 13.3. The number of hydrogen-bond acceptors (Lipinski definition) is 3. The smallest absolute Gasteiger partial charge is 0.237 e. The Labute approximate surface area is 146 Å². The number of aliphatic hydroxyl groups excluding tert-OH is 1. The number of benzene rings is 1. The van der Waals surface area contributed by atoms with Crippen LogP contribution in [0.25, 0.3) is 10.9 Å². The van der Waals surface area contributed by atoms with Crippen molar-refractivity contribution in [3.8, 4) is 0 Å². The molecule has 0 aliphatic carbocycles. The van der Waals surface area contributed by atoms with Crippen molar-refractivity contribution in [2.45, 2.75) is 45.6 Å². The lowest BCUT2D eigenvalue weighted by Gasteiger charge is -2.27. The van der Waals surface area contributed by atoms with Crippen LogP contribution in [0.1, 0.15) is 53.3 Å². The zero-order valence-corrected chi connectivity index (χ0v) is 14.6. The predicted octanol–water partition coefficient (Wildman–Crippen LogP) is 3.56. The molecule has 3 heterocycles. The molecule has 2 atom stereocenters. The molecular formula is C20H23N3O2. The first-order valence-electron chi connectivity index (χ1n) is 8.96. The summed E-state index contributed by atoms with van der Waals surface area (Å²) in [4.78, 5) is 20.5. The van der Waals surface area contributed by atoms with Crippen molar-refractivity contribution in [3.05, 3.63) is 53.2 Å². The van der Waals surface area contributed by atoms with Crippen molar-refractivity contribution in [1.82, 2.24) is 14.5 Å². The van der Waals surface area contributed by atoms with Gasteiger partial charge >= 0.3 is 0 Å². The summed E-state index contributed by atoms with van der Waals surface area (Å²) in [5, 5.41) is 11.9. The van der Waals surface area contributed by atoms with Crippen LogP contribution in [0, 0.1) is 12.8 Å². The van der Waals surface area contributed by atoms with Crippen molar-refractivity contribution in [1.29, 1.82) is 0 Å². The third kappa shape index (κ3) is 2.42. The van der Waals surface area contributed by atoms with Crippen LogP contribution in [0.3, 0.4) is 0 Å². The Hall–Kier alpha value is -2.40. The summed E-state index contributed by atoms with van der Waals surface area (Å²) in [7, 11) is 0. The predicted molar refractivity (Wildman–Crippen MR) is 96.7 cm³/mol. The Morgan fingerprint density at radius 2 is 2.20 bits per heavy atom. The van der Waals surface area contributed by atoms with Crippen molar-refractivity contribution in [2.75, 3.05) is 0 Å². The van der Waals surface area contributed by atoms with E-state index in [1.165, 1.54) is 10.9 Å². The minimum Gasteiger partial charge on any atom is -0.386 e. The molecule has 5 nitrogen and oxygen atoms in total. The highest BCUT2D eigenvalue weighted by molar-refractivity contribution is 5.98. The second kappa shape index (κ2) is 6.15. The van der Waals surface area contributed by atoms with Crippen LogP contribution in [0.15, 0.2) is 30.6 Å². The molecule has 0 fully saturated rings. The van der Waals surface area contributed by atoms with Crippen LogP contribution in [-0.4, -0.2) is 25.5 Å². The Morgan fingerprint density at radius 3 is 2.92 bits per heavy atom. The average molecular weight is 337 g/mol. The summed E-state index contributed by atoms with van der Waals surface area (Å²) < 4.78 is 1.85. The largest absolute Gasteiger partial charge is 0.386 e. The molecule has 5 heteroatoms. The molecule has 0 bridgehead atoms. The fourth-order valence-electron chi connectivity index (χ4n) is 4.14. The van der Waals surface area contributed by atoms with Gasteiger partial charge in [0.05, 0.1) is 23.5 Å². The molecule has 1 aromatic carbocycles. The molecule has 0 saturated heterocycles. The van der Waals surface area contributed by atoms with E-state index in [0.717, 1.165) is 36.2 Å². The highest BCUT2D eigenvalue weighted by Gasteiger charge is 2.37. The molecule has 0 amide bonds. The van der Waals surface area contributed by atoms with Crippen LogP contribution in [0.5, 0.6) is 0 Å². The van der Waals surface area contributed by atoms with E-state index in [-0.39, 0.29) is 5.91 Å². The quantitative estimate of drug-likeness (QED) is 0.765. The summed E-state index contributed by atoms with van der Waals surface area (Å²) in [6.45, 7) is 4.03. The highest BCUT2D eigenvalue weighted by Crippen LogP contribution is 2.37. The Kier molecular flexibility index (Phi) is 3.96. The third-order valence-corrected chi connectivity index (χ3v) is 5.35. The summed E-state index contributed by atoms with van der Waals surface area (Å²) in [6, 6.07) is 8.10. The van der Waals surface area contributed by atoms with Gasteiger partial charge in [0.2, 0.25) is 5.91 Å². The topological polar surface area (TPSA) is 70.9 Å². The number of aromatic nitrogens is 3. The number of imidazole rings is 1. The Bertz CT molecular complexity index is 938. The first kappa shape index (κ1) is 16.1. The van der Waals surface area contributed by atoms with E-state index in [1.54, 1.807) is 6.33 Å². The number of hydrogen-bond donors (Lipinski definition) is 2. The number of nitrogens with one attached hydrogen (secondary N) is 1. The molecule has 3 aromatic rings. The average Bonchev–Trinajstić information content (AvgIpc) is 3.18. The number of aromatic amines is 1. The van der Waals surface area contributed by atoms with Crippen molar-refractivity contribution >= 4 is 16.8 Å². The number of H-pyrrole nitrogens is 1. The third-order valence-electron chi connectivity index (χ3n) is 5.35. The zero-order chi connectivity index (χ0) is 17.6. The lowest BCUT2D eigenvalue weighted by molar-refractivity contribution is 0.0530. The molecular weight excluding hydrogens is 314 g/mol. The van der Waals surface area contributed by atoms with Crippen molar-refractivity contribution < 1.29 is 9.90 Å². The summed E-state index contributed by atoms with van der Waals surface area (Å²) in [5.41, 5.74) is 4.76. The van der Waals surface area contributed by atoms with Crippen molar-refractivity contribution in [2.24, 2.45) is 5.92 Å². The lowest BCUT2D eigenvalue weighted by atomic mass is 9.88. The van der Waals surface area contributed by atoms with Crippen LogP contribution in [-0.2, 0) is 12.8 Å². The fourth-order valence-corrected chi connectivity index (χ4v) is 4.14. The standard InChI is InChI=1S/C20H23N3O2/c1-3-6-13-14-7-4-5-8-16(14)23-17(13)10-9-15(20(23)25)19(24)18-12(2)21-11-22-18/h4-5,7-8,11,15,19,24H,3,6,9-10H2,1-2H3,(H,21,22). The molecule has 1 aliphatic rings. The van der Waals surface area contributed by atoms with Crippen LogP contribution in [0.2, 0.25) is 0 Å². The van der Waals surface area contributed by atoms with Crippen LogP contribution in [0.4, 0.5) is 0 Å². The second-order valence-corrected chi connectivity index (χ2v) is 6.87. The van der Waals surface area contributed by atoms with E-state index in [4.69, 9.17) is 0 Å². The number of para-hydroxylation sites is 1. The van der Waals surface area contributed by atoms with E-state index in [0.29, 0.717) is 12.1 Å². The monoisotopic (exact) mass is 337 g/mol. The van der Waals surface area contributed by atoms with Gasteiger partial charge in [-0.05, 0) is 37.8 Å². The number of carbonyl (C=O) groups is 1. The van der Waals surface area contributed by atoms with E-state index >= 15 is 0 Å². The maximum Gasteiger partial charge on any atom is 0.237 e. The molecule has 25 heavy (non-hydrogen) atoms. The first-order chi connectivity index (χ1) is 12.1. The molecule has 4 rings (SSSR count). The first-order valence-corrected chi connectivity index (χ1v) is 8.96. The normalized spacial score (nSPS) is 18.5. The minimum atomic E-state index is -0.873. The lowest BCUT2D eigenvalue weighted by Crippen LogP contribution is -2.33. The minimum absolute atomic E-state index is 0.0188. The van der Waals surface area contributed by atoms with Crippen LogP contribution >= 0.6 is 0 Å². The van der Waals surface area contributed by atoms with Gasteiger partial charge in [0, 0.05) is 16.8 Å². The molecule has 2 N–H and O–H groups in total. The number of carbonyl (C=O) groups excluding carboxylic acids is 1. The number of rotatable bonds is 4. The molecule has 2 unspecified atom stereocenters. The van der Waals surface area contributed by atoms with Crippen molar-refractivity contribution in [3.63, 3.8) is 0 Å². The molecule has 0 saturated carbocycles. The van der Waals surface area contributed by atoms with Gasteiger partial charge in [0.25, 0.3) is 0 Å². The van der Waals surface area contributed by atoms with E-state index in [9.17, 15) is 9.90 Å². The maximum absolute atomic E-state index is 13.3. The summed E-state index contributed by atoms with van der Waals surface area (Å²) in [6.07, 6.45) is 4.18. The summed E-state index contributed by atoms with van der Waals surface area (Å²) >= 11 is 0. The van der Waals surface area contributed by atoms with E-state index in [2.05, 4.69) is 23.0 Å². The van der Waals surface area contributed by atoms with Gasteiger partial charge in [-0.25, -0.2) is 4.98 Å². The van der Waals surface area contributed by atoms with Gasteiger partial charge in [0.1, 0.15) is 6.10 Å². The van der Waals surface area contributed by atoms with Crippen LogP contribution < -0.4 is 0 Å². The zero-order valence-electron chi connectivity index (χ0n) is 14.6. The number of fused-ring (bicyclic) bond motifs is 3. The molecule has 0 spiro atoms. The molecule has 130 valence electrons. The van der Waals surface area contributed by atoms with Gasteiger partial charge < -0.3 is 10.1 Å². The molecule has 0 radical (unpaired) electrons. The molecule has 2 aromatic heterocycles. The Morgan fingerprint density at radius 1 is 1.40 bits per heavy atom. The van der Waals surface area contributed by atoms with Gasteiger partial charge in [-0.1, -0.05) is 31.5 Å². The Balaban J connectivity index is 1.81. The van der Waals surface area contributed by atoms with Gasteiger partial charge in [0.15, 0.2) is 0 Å². The van der Waals surface area contributed by atoms with Gasteiger partial charge in [-0.15, -0.1) is 0 Å². The summed E-state index contributed by atoms with van der Waals surface area (Å²) in [5.74, 6) is -0.477. The highest BCUT2D eigenvalue weighted by atomic mass is 16.3.